The third-order valence-corrected chi connectivity index (χ3v) is 16.5. The molecule has 4 aliphatic rings. The average molecular weight is 954 g/mol. The summed E-state index contributed by atoms with van der Waals surface area (Å²) in [5, 5.41) is 53.3. The van der Waals surface area contributed by atoms with Crippen LogP contribution in [-0.2, 0) is 50.3 Å². The molecule has 7 aromatic carbocycles. The molecular formula is C60H59NO10. The van der Waals surface area contributed by atoms with E-state index in [9.17, 15) is 30.0 Å². The molecule has 0 spiro atoms. The number of fused-ring (bicyclic) bond motifs is 6. The summed E-state index contributed by atoms with van der Waals surface area (Å²) in [6.45, 7) is 2.11. The van der Waals surface area contributed by atoms with Crippen LogP contribution in [0.4, 0.5) is 0 Å². The van der Waals surface area contributed by atoms with Crippen molar-refractivity contribution in [3.8, 4) is 39.9 Å². The zero-order valence-electron chi connectivity index (χ0n) is 40.4. The van der Waals surface area contributed by atoms with Crippen molar-refractivity contribution < 1.29 is 49.0 Å². The molecule has 2 fully saturated rings. The van der Waals surface area contributed by atoms with Crippen LogP contribution in [-0.4, -0.2) is 71.9 Å². The van der Waals surface area contributed by atoms with Crippen molar-refractivity contribution in [1.29, 1.82) is 0 Å². The van der Waals surface area contributed by atoms with Gasteiger partial charge in [0.15, 0.2) is 23.0 Å². The number of hydrogen-bond acceptors (Lipinski definition) is 11. The van der Waals surface area contributed by atoms with Gasteiger partial charge in [-0.05, 0) is 177 Å². The van der Waals surface area contributed by atoms with E-state index in [2.05, 4.69) is 47.8 Å². The molecule has 11 heteroatoms. The first-order chi connectivity index (χ1) is 34.4. The fourth-order valence-corrected chi connectivity index (χ4v) is 13.9. The fourth-order valence-electron chi connectivity index (χ4n) is 13.9. The first kappa shape index (κ1) is 46.3. The lowest BCUT2D eigenvalue weighted by atomic mass is 9.38. The third kappa shape index (κ3) is 7.99. The number of ether oxygens (including phenoxy) is 4. The van der Waals surface area contributed by atoms with Crippen LogP contribution < -0.4 is 14.8 Å². The third-order valence-electron chi connectivity index (χ3n) is 16.5. The Labute approximate surface area is 413 Å². The quantitative estimate of drug-likeness (QED) is 0.0830. The lowest BCUT2D eigenvalue weighted by molar-refractivity contribution is -0.170. The van der Waals surface area contributed by atoms with E-state index in [0.29, 0.717) is 43.7 Å². The van der Waals surface area contributed by atoms with E-state index >= 15 is 0 Å². The Morgan fingerprint density at radius 1 is 0.704 bits per heavy atom. The fraction of sp³-hybridized carbons (Fsp3) is 0.333. The molecule has 71 heavy (non-hydrogen) atoms. The Hall–Kier alpha value is -7.08. The number of hydrogen-bond donors (Lipinski definition) is 5. The number of esters is 2. The van der Waals surface area contributed by atoms with Crippen LogP contribution >= 0.6 is 0 Å². The lowest BCUT2D eigenvalue weighted by Gasteiger charge is -2.66. The van der Waals surface area contributed by atoms with Crippen molar-refractivity contribution in [2.75, 3.05) is 21.3 Å². The van der Waals surface area contributed by atoms with Crippen LogP contribution in [0.1, 0.15) is 77.0 Å². The maximum Gasteiger partial charge on any atom is 0.310 e. The highest BCUT2D eigenvalue weighted by Crippen LogP contribution is 2.69. The van der Waals surface area contributed by atoms with E-state index in [1.807, 2.05) is 61.6 Å². The van der Waals surface area contributed by atoms with E-state index in [1.54, 1.807) is 24.3 Å². The van der Waals surface area contributed by atoms with Gasteiger partial charge < -0.3 is 44.7 Å². The highest BCUT2D eigenvalue weighted by atomic mass is 16.6. The zero-order chi connectivity index (χ0) is 49.3. The minimum atomic E-state index is -0.799. The number of aliphatic hydroxyl groups is 1. The molecule has 0 bridgehead atoms. The van der Waals surface area contributed by atoms with Gasteiger partial charge >= 0.3 is 11.9 Å². The van der Waals surface area contributed by atoms with Gasteiger partial charge in [-0.25, -0.2) is 0 Å². The van der Waals surface area contributed by atoms with E-state index in [1.165, 1.54) is 21.1 Å². The van der Waals surface area contributed by atoms with Gasteiger partial charge in [-0.2, -0.15) is 0 Å². The highest BCUT2D eigenvalue weighted by Gasteiger charge is 2.67. The summed E-state index contributed by atoms with van der Waals surface area (Å²) in [6, 6.07) is 39.7. The standard InChI is InChI=1S/C60H59NO10/c1-32(62)70-55-27-43(71-58(67)18-33-12-13-38-20-42(63)25-45(44(38)17-33)37-11-7-8-34(16-37)31-61-2)26-48-46-29-57(69-4)53(65)23-39(46)21-49-52(64)30-50-47-28-54(66)56(68-3)24-40(47)22-51(55)60(50,59(48)49)41-15-14-35-9-5-6-10-36(35)19-41/h5-17,19-20,23-25,28-29,43,48-52,55,59,61,63-66H,18,21-22,26-27,30-31H2,1-4H3. The Balaban J connectivity index is 1.06. The molecule has 0 amide bonds. The predicted octanol–water partition coefficient (Wildman–Crippen LogP) is 9.92. The molecule has 4 aliphatic carbocycles. The molecule has 9 atom stereocenters. The van der Waals surface area contributed by atoms with E-state index in [-0.39, 0.29) is 53.8 Å². The number of benzene rings is 7. The van der Waals surface area contributed by atoms with Gasteiger partial charge in [0.25, 0.3) is 0 Å². The first-order valence-electron chi connectivity index (χ1n) is 24.7. The molecule has 0 heterocycles. The van der Waals surface area contributed by atoms with Crippen LogP contribution in [0, 0.1) is 17.8 Å². The number of aromatic hydroxyl groups is 3. The lowest BCUT2D eigenvalue weighted by Crippen LogP contribution is -2.65. The molecule has 0 radical (unpaired) electrons. The van der Waals surface area contributed by atoms with Crippen LogP contribution in [0.3, 0.4) is 0 Å². The molecular weight excluding hydrogens is 895 g/mol. The summed E-state index contributed by atoms with van der Waals surface area (Å²) in [5.74, 6) is -1.82. The number of rotatable bonds is 10. The molecule has 9 unspecified atom stereocenters. The summed E-state index contributed by atoms with van der Waals surface area (Å²) in [6.07, 6.45) is -0.510. The molecule has 11 nitrogen and oxygen atoms in total. The van der Waals surface area contributed by atoms with Gasteiger partial charge in [-0.3, -0.25) is 9.59 Å². The Bertz CT molecular complexity index is 3240. The second kappa shape index (κ2) is 18.3. The summed E-state index contributed by atoms with van der Waals surface area (Å²) in [5.41, 5.74) is 7.57. The maximum absolute atomic E-state index is 14.7. The minimum Gasteiger partial charge on any atom is -0.508 e. The van der Waals surface area contributed by atoms with Crippen molar-refractivity contribution in [3.05, 3.63) is 160 Å². The smallest absolute Gasteiger partial charge is 0.310 e. The summed E-state index contributed by atoms with van der Waals surface area (Å²) < 4.78 is 24.8. The maximum atomic E-state index is 14.7. The minimum absolute atomic E-state index is 0.00850. The van der Waals surface area contributed by atoms with Crippen molar-refractivity contribution in [2.45, 2.75) is 87.6 Å². The molecule has 5 N–H and O–H groups in total. The molecule has 11 rings (SSSR count). The van der Waals surface area contributed by atoms with Crippen molar-refractivity contribution in [3.63, 3.8) is 0 Å². The van der Waals surface area contributed by atoms with Crippen molar-refractivity contribution in [2.24, 2.45) is 17.8 Å². The van der Waals surface area contributed by atoms with E-state index in [4.69, 9.17) is 18.9 Å². The molecule has 2 saturated carbocycles. The average Bonchev–Trinajstić information content (AvgIpc) is 3.35. The van der Waals surface area contributed by atoms with Gasteiger partial charge in [-0.15, -0.1) is 0 Å². The second-order valence-corrected chi connectivity index (χ2v) is 20.3. The Kier molecular flexibility index (Phi) is 11.9. The predicted molar refractivity (Wildman–Crippen MR) is 271 cm³/mol. The number of nitrogens with one attached hydrogen (secondary N) is 1. The molecule has 364 valence electrons. The molecule has 7 aromatic rings. The summed E-state index contributed by atoms with van der Waals surface area (Å²) in [7, 11) is 4.96. The highest BCUT2D eigenvalue weighted by molar-refractivity contribution is 5.98. The van der Waals surface area contributed by atoms with Crippen molar-refractivity contribution in [1.82, 2.24) is 5.32 Å². The summed E-state index contributed by atoms with van der Waals surface area (Å²) >= 11 is 0. The van der Waals surface area contributed by atoms with Crippen LogP contribution in [0.5, 0.6) is 28.7 Å². The molecule has 0 aromatic heterocycles. The Morgan fingerprint density at radius 3 is 2.25 bits per heavy atom. The van der Waals surface area contributed by atoms with Gasteiger partial charge in [0.2, 0.25) is 0 Å². The molecule has 0 saturated heterocycles. The normalized spacial score (nSPS) is 25.2. The number of methoxy groups -OCH3 is 2. The van der Waals surface area contributed by atoms with Crippen LogP contribution in [0.2, 0.25) is 0 Å². The van der Waals surface area contributed by atoms with Crippen LogP contribution in [0.25, 0.3) is 32.7 Å². The SMILES string of the molecule is CNCc1cccc(-c2cc(O)cc3ccc(CC(=O)OC4CC(OC(C)=O)C5Cc6cc(OC)c(O)cc6C6CC(O)C7Cc8cc(O)c(OC)cc8C(C4)C7C65c4ccc5ccccc5c4)cc23)c1. The Morgan fingerprint density at radius 2 is 1.46 bits per heavy atom. The van der Waals surface area contributed by atoms with Gasteiger partial charge in [0.05, 0.1) is 26.7 Å². The molecule has 0 aliphatic heterocycles. The van der Waals surface area contributed by atoms with E-state index < -0.39 is 41.6 Å². The number of aliphatic hydroxyl groups excluding tert-OH is 1. The zero-order valence-corrected chi connectivity index (χ0v) is 40.4. The van der Waals surface area contributed by atoms with Gasteiger partial charge in [-0.1, -0.05) is 72.8 Å². The van der Waals surface area contributed by atoms with Crippen LogP contribution in [0.15, 0.2) is 121 Å². The number of phenols is 3. The number of carbonyl (C=O) groups is 2. The monoisotopic (exact) mass is 953 g/mol. The van der Waals surface area contributed by atoms with E-state index in [0.717, 1.165) is 71.6 Å². The topological polar surface area (TPSA) is 164 Å². The number of carbonyl (C=O) groups excluding carboxylic acids is 2. The largest absolute Gasteiger partial charge is 0.508 e. The first-order valence-corrected chi connectivity index (χ1v) is 24.7. The van der Waals surface area contributed by atoms with Gasteiger partial charge in [0, 0.05) is 31.2 Å². The van der Waals surface area contributed by atoms with Crippen molar-refractivity contribution >= 4 is 33.5 Å². The van der Waals surface area contributed by atoms with Gasteiger partial charge in [0.1, 0.15) is 18.0 Å². The second-order valence-electron chi connectivity index (χ2n) is 20.3. The number of phenolic OH excluding ortho intramolecular Hbond substituents is 3. The summed E-state index contributed by atoms with van der Waals surface area (Å²) in [4.78, 5) is 28.2.